The molecule has 2 fully saturated rings. The zero-order valence-electron chi connectivity index (χ0n) is 12.1. The highest BCUT2D eigenvalue weighted by molar-refractivity contribution is 5.05. The quantitative estimate of drug-likeness (QED) is 0.893. The molecular weight excluding hydrogens is 240 g/mol. The first kappa shape index (κ1) is 13.1. The number of β-amino-alcohol motifs (C(OH)–C–C–N with tert-alkyl or cyclic N) is 1. The SMILES string of the molecule is CC1CC(O)(Cc2ncnn2C(C)C)CN1C1CC1. The molecule has 19 heavy (non-hydrogen) atoms. The van der Waals surface area contributed by atoms with Gasteiger partial charge in [0.1, 0.15) is 12.2 Å². The maximum absolute atomic E-state index is 10.9. The molecule has 5 nitrogen and oxygen atoms in total. The molecule has 1 aromatic heterocycles. The van der Waals surface area contributed by atoms with Crippen LogP contribution in [0, 0.1) is 0 Å². The molecule has 2 atom stereocenters. The summed E-state index contributed by atoms with van der Waals surface area (Å²) in [5, 5.41) is 15.1. The zero-order valence-corrected chi connectivity index (χ0v) is 12.1. The predicted molar refractivity (Wildman–Crippen MR) is 72.9 cm³/mol. The zero-order chi connectivity index (χ0) is 13.6. The van der Waals surface area contributed by atoms with Crippen molar-refractivity contribution in [2.24, 2.45) is 0 Å². The minimum atomic E-state index is -0.637. The Morgan fingerprint density at radius 2 is 2.21 bits per heavy atom. The molecule has 5 heteroatoms. The maximum atomic E-state index is 10.9. The van der Waals surface area contributed by atoms with Crippen LogP contribution in [-0.2, 0) is 6.42 Å². The fraction of sp³-hybridized carbons (Fsp3) is 0.857. The Morgan fingerprint density at radius 1 is 1.47 bits per heavy atom. The summed E-state index contributed by atoms with van der Waals surface area (Å²) in [6.45, 7) is 7.19. The summed E-state index contributed by atoms with van der Waals surface area (Å²) in [4.78, 5) is 6.80. The minimum Gasteiger partial charge on any atom is -0.388 e. The maximum Gasteiger partial charge on any atom is 0.138 e. The fourth-order valence-electron chi connectivity index (χ4n) is 3.38. The van der Waals surface area contributed by atoms with Gasteiger partial charge < -0.3 is 5.11 Å². The number of nitrogens with zero attached hydrogens (tertiary/aromatic N) is 4. The van der Waals surface area contributed by atoms with Gasteiger partial charge in [-0.3, -0.25) is 4.90 Å². The van der Waals surface area contributed by atoms with Crippen LogP contribution in [0.1, 0.15) is 51.9 Å². The predicted octanol–water partition coefficient (Wildman–Crippen LogP) is 1.39. The van der Waals surface area contributed by atoms with E-state index >= 15 is 0 Å². The van der Waals surface area contributed by atoms with E-state index in [2.05, 4.69) is 35.8 Å². The van der Waals surface area contributed by atoms with E-state index in [9.17, 15) is 5.11 Å². The summed E-state index contributed by atoms with van der Waals surface area (Å²) in [6, 6.07) is 1.49. The van der Waals surface area contributed by atoms with Gasteiger partial charge in [0.25, 0.3) is 0 Å². The van der Waals surface area contributed by atoms with Crippen molar-refractivity contribution in [2.75, 3.05) is 6.54 Å². The molecule has 0 bridgehead atoms. The van der Waals surface area contributed by atoms with Gasteiger partial charge >= 0.3 is 0 Å². The molecular formula is C14H24N4O. The number of likely N-dealkylation sites (tertiary alicyclic amines) is 1. The number of rotatable bonds is 4. The molecule has 0 spiro atoms. The molecule has 0 radical (unpaired) electrons. The van der Waals surface area contributed by atoms with E-state index in [0.717, 1.165) is 18.8 Å². The first-order valence-electron chi connectivity index (χ1n) is 7.35. The average Bonchev–Trinajstić information content (AvgIpc) is 2.98. The summed E-state index contributed by atoms with van der Waals surface area (Å²) in [5.74, 6) is 0.905. The largest absolute Gasteiger partial charge is 0.388 e. The van der Waals surface area contributed by atoms with Crippen LogP contribution in [0.5, 0.6) is 0 Å². The van der Waals surface area contributed by atoms with Crippen LogP contribution in [0.15, 0.2) is 6.33 Å². The summed E-state index contributed by atoms with van der Waals surface area (Å²) in [6.07, 6.45) is 5.63. The standard InChI is InChI=1S/C14H24N4O/c1-10(2)18-13(15-9-16-18)7-14(19)6-11(3)17(8-14)12-4-5-12/h9-12,19H,4-8H2,1-3H3. The second-order valence-corrected chi connectivity index (χ2v) is 6.57. The molecule has 3 rings (SSSR count). The molecule has 1 saturated heterocycles. The van der Waals surface area contributed by atoms with E-state index in [1.807, 2.05) is 4.68 Å². The fourth-order valence-corrected chi connectivity index (χ4v) is 3.38. The third-order valence-corrected chi connectivity index (χ3v) is 4.36. The molecule has 1 aromatic rings. The molecule has 2 aliphatic rings. The Kier molecular flexibility index (Phi) is 3.14. The van der Waals surface area contributed by atoms with Crippen molar-refractivity contribution in [3.63, 3.8) is 0 Å². The number of hydrogen-bond acceptors (Lipinski definition) is 4. The Bertz CT molecular complexity index is 454. The Labute approximate surface area is 114 Å². The Morgan fingerprint density at radius 3 is 2.84 bits per heavy atom. The highest BCUT2D eigenvalue weighted by atomic mass is 16.3. The summed E-state index contributed by atoms with van der Waals surface area (Å²) >= 11 is 0. The number of hydrogen-bond donors (Lipinski definition) is 1. The van der Waals surface area contributed by atoms with Crippen LogP contribution in [-0.4, -0.2) is 49.0 Å². The average molecular weight is 264 g/mol. The first-order valence-corrected chi connectivity index (χ1v) is 7.35. The van der Waals surface area contributed by atoms with Gasteiger partial charge in [-0.15, -0.1) is 0 Å². The van der Waals surface area contributed by atoms with Gasteiger partial charge in [0.15, 0.2) is 0 Å². The molecule has 1 aliphatic heterocycles. The highest BCUT2D eigenvalue weighted by Gasteiger charge is 2.46. The van der Waals surface area contributed by atoms with E-state index in [1.54, 1.807) is 6.33 Å². The van der Waals surface area contributed by atoms with Crippen LogP contribution < -0.4 is 0 Å². The van der Waals surface area contributed by atoms with Crippen LogP contribution >= 0.6 is 0 Å². The molecule has 0 amide bonds. The second kappa shape index (κ2) is 4.56. The molecule has 2 heterocycles. The summed E-state index contributed by atoms with van der Waals surface area (Å²) in [7, 11) is 0. The smallest absolute Gasteiger partial charge is 0.138 e. The molecule has 1 aliphatic carbocycles. The molecule has 2 unspecified atom stereocenters. The summed E-state index contributed by atoms with van der Waals surface area (Å²) in [5.41, 5.74) is -0.637. The van der Waals surface area contributed by atoms with Crippen molar-refractivity contribution in [3.05, 3.63) is 12.2 Å². The molecule has 1 N–H and O–H groups in total. The van der Waals surface area contributed by atoms with E-state index < -0.39 is 5.60 Å². The normalized spacial score (nSPS) is 32.4. The van der Waals surface area contributed by atoms with E-state index in [0.29, 0.717) is 24.5 Å². The molecule has 0 aromatic carbocycles. The lowest BCUT2D eigenvalue weighted by Gasteiger charge is -2.24. The van der Waals surface area contributed by atoms with Gasteiger partial charge in [0.2, 0.25) is 0 Å². The second-order valence-electron chi connectivity index (χ2n) is 6.57. The van der Waals surface area contributed by atoms with Crippen molar-refractivity contribution in [2.45, 2.75) is 70.2 Å². The van der Waals surface area contributed by atoms with Crippen molar-refractivity contribution >= 4 is 0 Å². The lowest BCUT2D eigenvalue weighted by Crippen LogP contribution is -2.37. The van der Waals surface area contributed by atoms with Gasteiger partial charge in [-0.05, 0) is 40.0 Å². The van der Waals surface area contributed by atoms with E-state index in [-0.39, 0.29) is 0 Å². The van der Waals surface area contributed by atoms with Crippen molar-refractivity contribution in [1.29, 1.82) is 0 Å². The lowest BCUT2D eigenvalue weighted by atomic mass is 9.96. The number of aliphatic hydroxyl groups is 1. The monoisotopic (exact) mass is 264 g/mol. The van der Waals surface area contributed by atoms with Gasteiger partial charge in [-0.2, -0.15) is 5.10 Å². The van der Waals surface area contributed by atoms with Crippen molar-refractivity contribution in [1.82, 2.24) is 19.7 Å². The van der Waals surface area contributed by atoms with Crippen molar-refractivity contribution < 1.29 is 5.11 Å². The minimum absolute atomic E-state index is 0.291. The highest BCUT2D eigenvalue weighted by Crippen LogP contribution is 2.38. The molecule has 106 valence electrons. The summed E-state index contributed by atoms with van der Waals surface area (Å²) < 4.78 is 1.92. The van der Waals surface area contributed by atoms with E-state index in [1.165, 1.54) is 12.8 Å². The number of aromatic nitrogens is 3. The van der Waals surface area contributed by atoms with Gasteiger partial charge in [0, 0.05) is 31.1 Å². The van der Waals surface area contributed by atoms with Crippen molar-refractivity contribution in [3.8, 4) is 0 Å². The Balaban J connectivity index is 1.73. The third kappa shape index (κ3) is 2.54. The first-order chi connectivity index (χ1) is 8.98. The topological polar surface area (TPSA) is 54.2 Å². The lowest BCUT2D eigenvalue weighted by molar-refractivity contribution is 0.0454. The van der Waals surface area contributed by atoms with Crippen LogP contribution in [0.2, 0.25) is 0 Å². The third-order valence-electron chi connectivity index (χ3n) is 4.36. The van der Waals surface area contributed by atoms with Gasteiger partial charge in [0.05, 0.1) is 5.60 Å². The van der Waals surface area contributed by atoms with Gasteiger partial charge in [-0.1, -0.05) is 0 Å². The van der Waals surface area contributed by atoms with Crippen LogP contribution in [0.4, 0.5) is 0 Å². The van der Waals surface area contributed by atoms with Gasteiger partial charge in [-0.25, -0.2) is 9.67 Å². The van der Waals surface area contributed by atoms with E-state index in [4.69, 9.17) is 0 Å². The van der Waals surface area contributed by atoms with Crippen LogP contribution in [0.25, 0.3) is 0 Å². The van der Waals surface area contributed by atoms with Crippen LogP contribution in [0.3, 0.4) is 0 Å². The molecule has 1 saturated carbocycles. The Hall–Kier alpha value is -0.940.